The first-order valence-corrected chi connectivity index (χ1v) is 9.49. The second-order valence-corrected chi connectivity index (χ2v) is 7.83. The molecular weight excluding hydrogens is 390 g/mol. The second-order valence-electron chi connectivity index (χ2n) is 7.83. The molecule has 3 N–H and O–H groups in total. The summed E-state index contributed by atoms with van der Waals surface area (Å²) >= 11 is 0. The summed E-state index contributed by atoms with van der Waals surface area (Å²) in [6.07, 6.45) is -0.102. The molecule has 1 heterocycles. The fraction of sp³-hybridized carbons (Fsp3) is 0.450. The number of benzene rings is 1. The van der Waals surface area contributed by atoms with Gasteiger partial charge in [-0.15, -0.1) is 0 Å². The van der Waals surface area contributed by atoms with Crippen LogP contribution in [0.4, 0.5) is 0 Å². The van der Waals surface area contributed by atoms with Crippen LogP contribution >= 0.6 is 0 Å². The Balaban J connectivity index is 1.70. The number of nitrogens with one attached hydrogen (secondary N) is 3. The maximum absolute atomic E-state index is 12.2. The minimum absolute atomic E-state index is 0.0386. The highest BCUT2D eigenvalue weighted by Gasteiger charge is 2.19. The van der Waals surface area contributed by atoms with Crippen molar-refractivity contribution in [2.45, 2.75) is 32.7 Å². The van der Waals surface area contributed by atoms with Crippen LogP contribution in [0.15, 0.2) is 24.3 Å². The van der Waals surface area contributed by atoms with Gasteiger partial charge in [0.05, 0.1) is 18.5 Å². The number of aromatic nitrogens is 2. The number of fused-ring (bicyclic) bond motifs is 1. The van der Waals surface area contributed by atoms with Gasteiger partial charge in [0.2, 0.25) is 5.91 Å². The molecule has 0 saturated carbocycles. The van der Waals surface area contributed by atoms with E-state index in [4.69, 9.17) is 4.74 Å². The largest absolute Gasteiger partial charge is 0.456 e. The van der Waals surface area contributed by atoms with Crippen LogP contribution in [0.3, 0.4) is 0 Å². The number of carbonyl (C=O) groups excluding carboxylic acids is 4. The van der Waals surface area contributed by atoms with E-state index in [0.717, 1.165) is 5.52 Å². The minimum atomic E-state index is -0.636. The van der Waals surface area contributed by atoms with Crippen molar-refractivity contribution in [1.29, 1.82) is 0 Å². The van der Waals surface area contributed by atoms with Crippen molar-refractivity contribution in [3.8, 4) is 0 Å². The quantitative estimate of drug-likeness (QED) is 0.539. The maximum atomic E-state index is 12.2. The number of aromatic amines is 1. The van der Waals surface area contributed by atoms with E-state index in [0.29, 0.717) is 5.39 Å². The number of esters is 1. The third kappa shape index (κ3) is 6.87. The number of para-hydroxylation sites is 1. The molecule has 10 nitrogen and oxygen atoms in total. The van der Waals surface area contributed by atoms with Gasteiger partial charge >= 0.3 is 5.97 Å². The Morgan fingerprint density at radius 3 is 2.57 bits per heavy atom. The van der Waals surface area contributed by atoms with Crippen molar-refractivity contribution < 1.29 is 23.9 Å². The van der Waals surface area contributed by atoms with Gasteiger partial charge in [0.15, 0.2) is 12.3 Å². The lowest BCUT2D eigenvalue weighted by Crippen LogP contribution is -2.46. The standard InChI is InChI=1S/C20H27N5O5/c1-20(2,3)22-15(26)11-25(4)16(27)12-30-17(28)9-10-21-19(29)18-13-7-5-6-8-14(13)23-24-18/h5-8H,9-12H2,1-4H3,(H,21,29)(H,22,26)(H,23,24). The van der Waals surface area contributed by atoms with Gasteiger partial charge in [0.1, 0.15) is 0 Å². The van der Waals surface area contributed by atoms with Crippen LogP contribution in [0, 0.1) is 0 Å². The predicted molar refractivity (Wildman–Crippen MR) is 110 cm³/mol. The number of hydrogen-bond donors (Lipinski definition) is 3. The average molecular weight is 417 g/mol. The molecule has 1 aromatic carbocycles. The lowest BCUT2D eigenvalue weighted by Gasteiger charge is -2.23. The van der Waals surface area contributed by atoms with Gasteiger partial charge in [-0.25, -0.2) is 0 Å². The minimum Gasteiger partial charge on any atom is -0.456 e. The van der Waals surface area contributed by atoms with E-state index in [2.05, 4.69) is 20.8 Å². The van der Waals surface area contributed by atoms with E-state index in [-0.39, 0.29) is 31.1 Å². The lowest BCUT2D eigenvalue weighted by atomic mass is 10.1. The van der Waals surface area contributed by atoms with Crippen LogP contribution in [-0.4, -0.2) is 71.1 Å². The van der Waals surface area contributed by atoms with Crippen LogP contribution in [0.5, 0.6) is 0 Å². The highest BCUT2D eigenvalue weighted by Crippen LogP contribution is 2.14. The third-order valence-corrected chi connectivity index (χ3v) is 3.98. The monoisotopic (exact) mass is 417 g/mol. The zero-order valence-electron chi connectivity index (χ0n) is 17.6. The Labute approximate surface area is 174 Å². The average Bonchev–Trinajstić information content (AvgIpc) is 3.08. The van der Waals surface area contributed by atoms with Crippen molar-refractivity contribution in [1.82, 2.24) is 25.7 Å². The number of likely N-dealkylation sites (N-methyl/N-ethyl adjacent to an activating group) is 1. The number of amides is 3. The summed E-state index contributed by atoms with van der Waals surface area (Å²) in [7, 11) is 1.45. The summed E-state index contributed by atoms with van der Waals surface area (Å²) in [6.45, 7) is 4.93. The van der Waals surface area contributed by atoms with E-state index in [1.807, 2.05) is 26.8 Å². The fourth-order valence-electron chi connectivity index (χ4n) is 2.58. The van der Waals surface area contributed by atoms with E-state index >= 15 is 0 Å². The van der Waals surface area contributed by atoms with Gasteiger partial charge in [-0.3, -0.25) is 24.3 Å². The van der Waals surface area contributed by atoms with Crippen molar-refractivity contribution in [3.05, 3.63) is 30.0 Å². The van der Waals surface area contributed by atoms with E-state index in [9.17, 15) is 19.2 Å². The Hall–Kier alpha value is -3.43. The number of ether oxygens (including phenoxy) is 1. The Kier molecular flexibility index (Phi) is 7.51. The van der Waals surface area contributed by atoms with Gasteiger partial charge in [-0.2, -0.15) is 5.10 Å². The first-order valence-electron chi connectivity index (χ1n) is 9.49. The van der Waals surface area contributed by atoms with Gasteiger partial charge < -0.3 is 20.3 Å². The molecule has 162 valence electrons. The molecule has 0 fully saturated rings. The van der Waals surface area contributed by atoms with Crippen molar-refractivity contribution in [3.63, 3.8) is 0 Å². The molecule has 0 atom stereocenters. The molecule has 0 saturated heterocycles. The van der Waals surface area contributed by atoms with E-state index in [1.165, 1.54) is 11.9 Å². The summed E-state index contributed by atoms with van der Waals surface area (Å²) in [5, 5.41) is 12.8. The van der Waals surface area contributed by atoms with E-state index < -0.39 is 29.9 Å². The summed E-state index contributed by atoms with van der Waals surface area (Å²) in [5.74, 6) is -1.86. The van der Waals surface area contributed by atoms with Gasteiger partial charge in [-0.1, -0.05) is 18.2 Å². The third-order valence-electron chi connectivity index (χ3n) is 3.98. The molecule has 2 aromatic rings. The molecule has 30 heavy (non-hydrogen) atoms. The van der Waals surface area contributed by atoms with Gasteiger partial charge in [0.25, 0.3) is 11.8 Å². The summed E-state index contributed by atoms with van der Waals surface area (Å²) in [6, 6.07) is 7.20. The van der Waals surface area contributed by atoms with Gasteiger partial charge in [0, 0.05) is 24.5 Å². The number of hydrogen-bond acceptors (Lipinski definition) is 6. The Morgan fingerprint density at radius 1 is 1.17 bits per heavy atom. The van der Waals surface area contributed by atoms with Crippen LogP contribution in [-0.2, 0) is 19.1 Å². The zero-order chi connectivity index (χ0) is 22.3. The second kappa shape index (κ2) is 9.86. The summed E-state index contributed by atoms with van der Waals surface area (Å²) in [5.41, 5.74) is 0.574. The maximum Gasteiger partial charge on any atom is 0.308 e. The first-order chi connectivity index (χ1) is 14.1. The molecule has 0 aliphatic rings. The lowest BCUT2D eigenvalue weighted by molar-refractivity contribution is -0.151. The number of carbonyl (C=O) groups is 4. The molecule has 2 rings (SSSR count). The molecule has 1 aromatic heterocycles. The molecule has 0 spiro atoms. The molecule has 10 heteroatoms. The number of nitrogens with zero attached hydrogens (tertiary/aromatic N) is 2. The van der Waals surface area contributed by atoms with Crippen LogP contribution in [0.25, 0.3) is 10.9 Å². The van der Waals surface area contributed by atoms with Crippen molar-refractivity contribution in [2.75, 3.05) is 26.7 Å². The van der Waals surface area contributed by atoms with Crippen molar-refractivity contribution >= 4 is 34.6 Å². The summed E-state index contributed by atoms with van der Waals surface area (Å²) in [4.78, 5) is 49.0. The number of rotatable bonds is 8. The molecule has 3 amide bonds. The van der Waals surface area contributed by atoms with Crippen LogP contribution in [0.1, 0.15) is 37.7 Å². The zero-order valence-corrected chi connectivity index (χ0v) is 17.6. The normalized spacial score (nSPS) is 11.1. The van der Waals surface area contributed by atoms with Gasteiger partial charge in [-0.05, 0) is 26.8 Å². The molecule has 0 unspecified atom stereocenters. The SMILES string of the molecule is CN(CC(=O)NC(C)(C)C)C(=O)COC(=O)CCNC(=O)c1n[nH]c2ccccc12. The van der Waals surface area contributed by atoms with E-state index in [1.54, 1.807) is 18.2 Å². The number of H-pyrrole nitrogens is 1. The topological polar surface area (TPSA) is 133 Å². The fourth-order valence-corrected chi connectivity index (χ4v) is 2.58. The van der Waals surface area contributed by atoms with Crippen LogP contribution < -0.4 is 10.6 Å². The Morgan fingerprint density at radius 2 is 1.87 bits per heavy atom. The molecule has 0 bridgehead atoms. The molecule has 0 aliphatic heterocycles. The van der Waals surface area contributed by atoms with Crippen molar-refractivity contribution in [2.24, 2.45) is 0 Å². The molecule has 0 aliphatic carbocycles. The highest BCUT2D eigenvalue weighted by molar-refractivity contribution is 6.04. The Bertz CT molecular complexity index is 931. The molecular formula is C20H27N5O5. The first kappa shape index (κ1) is 22.9. The smallest absolute Gasteiger partial charge is 0.308 e. The van der Waals surface area contributed by atoms with Crippen LogP contribution in [0.2, 0.25) is 0 Å². The highest BCUT2D eigenvalue weighted by atomic mass is 16.5. The summed E-state index contributed by atoms with van der Waals surface area (Å²) < 4.78 is 4.92. The predicted octanol–water partition coefficient (Wildman–Crippen LogP) is 0.599. The molecule has 0 radical (unpaired) electrons.